The number of rotatable bonds is 2. The van der Waals surface area contributed by atoms with Gasteiger partial charge in [-0.3, -0.25) is 0 Å². The number of halogens is 4. The highest BCUT2D eigenvalue weighted by atomic mass is 35.7. The molecule has 0 aliphatic rings. The van der Waals surface area contributed by atoms with Gasteiger partial charge in [0.15, 0.2) is 0 Å². The molecule has 0 fully saturated rings. The van der Waals surface area contributed by atoms with Crippen LogP contribution in [0.4, 0.5) is 13.2 Å². The number of thiol groups is 1. The van der Waals surface area contributed by atoms with E-state index in [1.165, 1.54) is 0 Å². The van der Waals surface area contributed by atoms with Crippen LogP contribution in [-0.4, -0.2) is 0 Å². The minimum Gasteiger partial charge on any atom is -0.445 e. The Hall–Kier alpha value is 0.1000. The molecular weight excluding hydrogens is 288 g/mol. The zero-order chi connectivity index (χ0) is 11.7. The second-order valence-electron chi connectivity index (χ2n) is 2.56. The van der Waals surface area contributed by atoms with Gasteiger partial charge in [-0.15, -0.1) is 0 Å². The van der Waals surface area contributed by atoms with Gasteiger partial charge >= 0.3 is 6.18 Å². The maximum Gasteiger partial charge on any atom is 0.416 e. The zero-order valence-corrected chi connectivity index (χ0v) is 10.4. The average molecular weight is 293 g/mol. The summed E-state index contributed by atoms with van der Waals surface area (Å²) < 4.78 is 41.4. The highest BCUT2D eigenvalue weighted by Crippen LogP contribution is 2.56. The second-order valence-corrected chi connectivity index (χ2v) is 10.4. The van der Waals surface area contributed by atoms with Gasteiger partial charge in [0.05, 0.1) is 5.56 Å². The van der Waals surface area contributed by atoms with Crippen LogP contribution < -0.4 is 4.52 Å². The first-order valence-electron chi connectivity index (χ1n) is 3.58. The van der Waals surface area contributed by atoms with Crippen molar-refractivity contribution in [3.63, 3.8) is 0 Å². The normalized spacial score (nSPS) is 15.8. The van der Waals surface area contributed by atoms with Gasteiger partial charge < -0.3 is 4.52 Å². The fourth-order valence-electron chi connectivity index (χ4n) is 0.835. The molecule has 1 nitrogen and oxygen atoms in total. The quantitative estimate of drug-likeness (QED) is 0.636. The molecule has 84 valence electrons. The van der Waals surface area contributed by atoms with E-state index in [1.807, 2.05) is 0 Å². The van der Waals surface area contributed by atoms with Crippen molar-refractivity contribution in [2.75, 3.05) is 0 Å². The Labute approximate surface area is 99.6 Å². The monoisotopic (exact) mass is 292 g/mol. The first-order chi connectivity index (χ1) is 6.68. The number of hydrogen-bond acceptors (Lipinski definition) is 2. The summed E-state index contributed by atoms with van der Waals surface area (Å²) in [6.45, 7) is 0. The molecule has 0 saturated carbocycles. The molecule has 0 aliphatic heterocycles. The average Bonchev–Trinajstić information content (AvgIpc) is 2.00. The first kappa shape index (κ1) is 13.2. The largest absolute Gasteiger partial charge is 0.445 e. The fraction of sp³-hybridized carbons (Fsp3) is 0.143. The van der Waals surface area contributed by atoms with E-state index in [4.69, 9.17) is 15.8 Å². The molecule has 0 spiro atoms. The molecule has 0 bridgehead atoms. The Morgan fingerprint density at radius 1 is 1.27 bits per heavy atom. The van der Waals surface area contributed by atoms with Gasteiger partial charge in [0, 0.05) is 0 Å². The smallest absolute Gasteiger partial charge is 0.416 e. The number of alkyl halides is 3. The van der Waals surface area contributed by atoms with Crippen molar-refractivity contribution in [2.45, 2.75) is 6.18 Å². The van der Waals surface area contributed by atoms with Crippen LogP contribution >= 0.6 is 28.3 Å². The molecule has 0 radical (unpaired) electrons. The molecule has 0 saturated heterocycles. The molecule has 0 N–H and O–H groups in total. The maximum absolute atomic E-state index is 12.2. The molecule has 15 heavy (non-hydrogen) atoms. The second kappa shape index (κ2) is 4.53. The Bertz CT molecular complexity index is 386. The van der Waals surface area contributed by atoms with Gasteiger partial charge in [0.2, 0.25) is 0 Å². The minimum absolute atomic E-state index is 0.177. The number of hydrogen-bond donors (Lipinski definition) is 1. The van der Waals surface area contributed by atoms with Gasteiger partial charge in [-0.25, -0.2) is 0 Å². The van der Waals surface area contributed by atoms with Crippen molar-refractivity contribution in [2.24, 2.45) is 0 Å². The molecule has 0 amide bonds. The predicted molar refractivity (Wildman–Crippen MR) is 61.2 cm³/mol. The van der Waals surface area contributed by atoms with Crippen molar-refractivity contribution in [1.29, 1.82) is 0 Å². The third-order valence-corrected chi connectivity index (χ3v) is 2.51. The molecule has 0 aromatic heterocycles. The Morgan fingerprint density at radius 3 is 2.07 bits per heavy atom. The van der Waals surface area contributed by atoms with Crippen molar-refractivity contribution in [3.05, 3.63) is 29.8 Å². The highest BCUT2D eigenvalue weighted by Gasteiger charge is 2.30. The first-order valence-corrected chi connectivity index (χ1v) is 8.35. The Kier molecular flexibility index (Phi) is 3.98. The van der Waals surface area contributed by atoms with Crippen molar-refractivity contribution >= 4 is 40.1 Å². The summed E-state index contributed by atoms with van der Waals surface area (Å²) >= 11 is 14.0. The third-order valence-electron chi connectivity index (χ3n) is 1.40. The van der Waals surface area contributed by atoms with E-state index < -0.39 is 16.6 Å². The summed E-state index contributed by atoms with van der Waals surface area (Å²) in [4.78, 5) is -2.72. The Morgan fingerprint density at radius 2 is 1.73 bits per heavy atom. The van der Waals surface area contributed by atoms with Crippen LogP contribution in [0.3, 0.4) is 0 Å². The van der Waals surface area contributed by atoms with Crippen molar-refractivity contribution < 1.29 is 17.7 Å². The van der Waals surface area contributed by atoms with Crippen LogP contribution in [0.15, 0.2) is 24.3 Å². The summed E-state index contributed by atoms with van der Waals surface area (Å²) in [5, 5.41) is 0. The molecule has 1 aromatic carbocycles. The molecule has 8 heteroatoms. The summed E-state index contributed by atoms with van der Waals surface area (Å²) in [5.41, 5.74) is -0.753. The van der Waals surface area contributed by atoms with Crippen LogP contribution in [0.25, 0.3) is 0 Å². The van der Waals surface area contributed by atoms with Gasteiger partial charge in [-0.2, -0.15) is 13.2 Å². The molecule has 1 aromatic rings. The van der Waals surface area contributed by atoms with Crippen LogP contribution in [0.2, 0.25) is 0 Å². The summed E-state index contributed by atoms with van der Waals surface area (Å²) in [7, 11) is 0. The van der Waals surface area contributed by atoms with Crippen LogP contribution in [-0.2, 0) is 18.0 Å². The van der Waals surface area contributed by atoms with E-state index in [2.05, 4.69) is 24.1 Å². The minimum atomic E-state index is -4.36. The molecule has 0 heterocycles. The predicted octanol–water partition coefficient (Wildman–Crippen LogP) is 4.48. The molecular formula is C7H5ClF3OPS2. The van der Waals surface area contributed by atoms with E-state index in [0.29, 0.717) is 0 Å². The molecule has 1 rings (SSSR count). The summed E-state index contributed by atoms with van der Waals surface area (Å²) in [6.07, 6.45) is -4.36. The lowest BCUT2D eigenvalue weighted by atomic mass is 10.2. The van der Waals surface area contributed by atoms with Crippen LogP contribution in [0.5, 0.6) is 5.75 Å². The number of benzene rings is 1. The van der Waals surface area contributed by atoms with Gasteiger partial charge in [0.25, 0.3) is 4.82 Å². The van der Waals surface area contributed by atoms with Gasteiger partial charge in [0.1, 0.15) is 5.75 Å². The van der Waals surface area contributed by atoms with Crippen LogP contribution in [0.1, 0.15) is 5.56 Å². The molecule has 1 atom stereocenters. The van der Waals surface area contributed by atoms with Gasteiger partial charge in [-0.05, 0) is 47.3 Å². The van der Waals surface area contributed by atoms with Crippen molar-refractivity contribution in [3.8, 4) is 5.75 Å². The summed E-state index contributed by atoms with van der Waals surface area (Å²) in [5.74, 6) is 0.177. The van der Waals surface area contributed by atoms with E-state index >= 15 is 0 Å². The lowest BCUT2D eigenvalue weighted by molar-refractivity contribution is -0.137. The van der Waals surface area contributed by atoms with Crippen molar-refractivity contribution in [1.82, 2.24) is 0 Å². The van der Waals surface area contributed by atoms with Gasteiger partial charge in [-0.1, -0.05) is 12.2 Å². The fourth-order valence-corrected chi connectivity index (χ4v) is 2.00. The maximum atomic E-state index is 12.2. The third kappa shape index (κ3) is 4.64. The molecule has 1 unspecified atom stereocenters. The lowest BCUT2D eigenvalue weighted by Gasteiger charge is -2.11. The molecule has 0 aliphatic carbocycles. The lowest BCUT2D eigenvalue weighted by Crippen LogP contribution is -2.03. The van der Waals surface area contributed by atoms with Crippen LogP contribution in [0, 0.1) is 0 Å². The zero-order valence-electron chi connectivity index (χ0n) is 7.03. The van der Waals surface area contributed by atoms with E-state index in [1.54, 1.807) is 0 Å². The summed E-state index contributed by atoms with van der Waals surface area (Å²) in [6, 6.07) is 4.10. The standard InChI is InChI=1S/C7H5ClF3OPS2/c8-13(14,15)12-6-3-1-5(2-4-6)7(9,10)11/h1-4H,(H,14,15). The van der Waals surface area contributed by atoms with E-state index in [9.17, 15) is 13.2 Å². The highest BCUT2D eigenvalue weighted by molar-refractivity contribution is 8.69. The van der Waals surface area contributed by atoms with E-state index in [0.717, 1.165) is 24.3 Å². The Balaban J connectivity index is 2.87. The van der Waals surface area contributed by atoms with E-state index in [-0.39, 0.29) is 5.75 Å². The topological polar surface area (TPSA) is 9.23 Å². The SMILES string of the molecule is FC(F)(F)c1ccc(OP(=S)(S)Cl)cc1.